The average Bonchev–Trinajstić information content (AvgIpc) is 2.95. The molecule has 2 aromatic rings. The molecule has 1 aliphatic rings. The largest absolute Gasteiger partial charge is 0.487 e. The standard InChI is InChI=1S/C21H19FN2O5/c1-21(2)11-15-17(8-12(20(26)27)9-18(15)29-21)28-13-4-5-14(16(22)10-13)19(25)24(3)7-6-23/h4-5,8-10H,7,11H2,1-3H3,(H,26,27). The minimum Gasteiger partial charge on any atom is -0.487 e. The summed E-state index contributed by atoms with van der Waals surface area (Å²) in [7, 11) is 1.40. The van der Waals surface area contributed by atoms with Gasteiger partial charge in [-0.1, -0.05) is 0 Å². The van der Waals surface area contributed by atoms with Crippen molar-refractivity contribution in [3.63, 3.8) is 0 Å². The zero-order chi connectivity index (χ0) is 21.3. The van der Waals surface area contributed by atoms with Gasteiger partial charge in [-0.3, -0.25) is 4.79 Å². The molecule has 8 heteroatoms. The smallest absolute Gasteiger partial charge is 0.335 e. The number of carbonyl (C=O) groups excluding carboxylic acids is 1. The van der Waals surface area contributed by atoms with E-state index < -0.39 is 23.3 Å². The molecule has 1 amide bonds. The van der Waals surface area contributed by atoms with Gasteiger partial charge in [0.15, 0.2) is 0 Å². The molecular weight excluding hydrogens is 379 g/mol. The number of rotatable bonds is 5. The topological polar surface area (TPSA) is 99.9 Å². The molecule has 1 N–H and O–H groups in total. The molecule has 1 aliphatic heterocycles. The lowest BCUT2D eigenvalue weighted by atomic mass is 10.00. The van der Waals surface area contributed by atoms with Crippen LogP contribution in [0.25, 0.3) is 0 Å². The molecule has 2 aromatic carbocycles. The van der Waals surface area contributed by atoms with Crippen LogP contribution in [-0.2, 0) is 6.42 Å². The molecule has 1 heterocycles. The maximum absolute atomic E-state index is 14.5. The summed E-state index contributed by atoms with van der Waals surface area (Å²) in [4.78, 5) is 24.7. The number of hydrogen-bond donors (Lipinski definition) is 1. The predicted octanol–water partition coefficient (Wildman–Crippen LogP) is 3.63. The first-order valence-electron chi connectivity index (χ1n) is 8.80. The van der Waals surface area contributed by atoms with Gasteiger partial charge >= 0.3 is 5.97 Å². The molecule has 7 nitrogen and oxygen atoms in total. The van der Waals surface area contributed by atoms with Crippen LogP contribution in [0.5, 0.6) is 17.2 Å². The third kappa shape index (κ3) is 4.14. The van der Waals surface area contributed by atoms with Crippen molar-refractivity contribution < 1.29 is 28.6 Å². The monoisotopic (exact) mass is 398 g/mol. The van der Waals surface area contributed by atoms with Crippen molar-refractivity contribution in [1.82, 2.24) is 4.90 Å². The van der Waals surface area contributed by atoms with Crippen LogP contribution in [0.4, 0.5) is 4.39 Å². The molecule has 0 unspecified atom stereocenters. The van der Waals surface area contributed by atoms with E-state index in [-0.39, 0.29) is 29.2 Å². The van der Waals surface area contributed by atoms with Crippen LogP contribution >= 0.6 is 0 Å². The number of fused-ring (bicyclic) bond motifs is 1. The maximum atomic E-state index is 14.5. The van der Waals surface area contributed by atoms with E-state index in [4.69, 9.17) is 14.7 Å². The number of aromatic carboxylic acids is 1. The number of nitriles is 1. The number of carboxylic acid groups (broad SMARTS) is 1. The Balaban J connectivity index is 1.93. The molecule has 3 rings (SSSR count). The first-order chi connectivity index (χ1) is 13.6. The van der Waals surface area contributed by atoms with Crippen molar-refractivity contribution in [2.24, 2.45) is 0 Å². The Labute approximate surface area is 166 Å². The number of nitrogens with zero attached hydrogens (tertiary/aromatic N) is 2. The van der Waals surface area contributed by atoms with Crippen molar-refractivity contribution in [3.8, 4) is 23.3 Å². The van der Waals surface area contributed by atoms with E-state index >= 15 is 0 Å². The molecule has 29 heavy (non-hydrogen) atoms. The van der Waals surface area contributed by atoms with Gasteiger partial charge in [-0.15, -0.1) is 0 Å². The number of amides is 1. The quantitative estimate of drug-likeness (QED) is 0.772. The van der Waals surface area contributed by atoms with Gasteiger partial charge < -0.3 is 19.5 Å². The third-order valence-electron chi connectivity index (χ3n) is 4.46. The molecule has 0 saturated heterocycles. The van der Waals surface area contributed by atoms with Crippen LogP contribution in [0.3, 0.4) is 0 Å². The van der Waals surface area contributed by atoms with E-state index in [1.54, 1.807) is 0 Å². The molecule has 0 bridgehead atoms. The van der Waals surface area contributed by atoms with E-state index in [9.17, 15) is 19.1 Å². The van der Waals surface area contributed by atoms with Crippen molar-refractivity contribution in [2.75, 3.05) is 13.6 Å². The summed E-state index contributed by atoms with van der Waals surface area (Å²) in [6, 6.07) is 8.36. The van der Waals surface area contributed by atoms with Crippen LogP contribution < -0.4 is 9.47 Å². The Morgan fingerprint density at radius 2 is 2.07 bits per heavy atom. The van der Waals surface area contributed by atoms with Gasteiger partial charge in [0.25, 0.3) is 5.91 Å². The van der Waals surface area contributed by atoms with E-state index in [0.717, 1.165) is 11.0 Å². The molecule has 0 spiro atoms. The number of hydrogen-bond acceptors (Lipinski definition) is 5. The Bertz CT molecular complexity index is 1040. The van der Waals surface area contributed by atoms with Gasteiger partial charge in [0.05, 0.1) is 17.2 Å². The molecule has 0 atom stereocenters. The Hall–Kier alpha value is -3.60. The fourth-order valence-corrected chi connectivity index (χ4v) is 3.10. The summed E-state index contributed by atoms with van der Waals surface area (Å²) < 4.78 is 26.0. The summed E-state index contributed by atoms with van der Waals surface area (Å²) in [6.45, 7) is 3.57. The van der Waals surface area contributed by atoms with Gasteiger partial charge in [-0.25, -0.2) is 9.18 Å². The highest BCUT2D eigenvalue weighted by Crippen LogP contribution is 2.43. The SMILES string of the molecule is CN(CC#N)C(=O)c1ccc(Oc2cc(C(=O)O)cc3c2CC(C)(C)O3)cc1F. The highest BCUT2D eigenvalue weighted by atomic mass is 19.1. The molecule has 0 saturated carbocycles. The highest BCUT2D eigenvalue weighted by Gasteiger charge is 2.34. The molecule has 150 valence electrons. The van der Waals surface area contributed by atoms with E-state index in [0.29, 0.717) is 17.7 Å². The minimum absolute atomic E-state index is 0.0122. The lowest BCUT2D eigenvalue weighted by molar-refractivity contribution is 0.0694. The molecule has 0 fully saturated rings. The second-order valence-corrected chi connectivity index (χ2v) is 7.36. The second-order valence-electron chi connectivity index (χ2n) is 7.36. The third-order valence-corrected chi connectivity index (χ3v) is 4.46. The van der Waals surface area contributed by atoms with E-state index in [1.165, 1.54) is 31.3 Å². The number of halogens is 1. The summed E-state index contributed by atoms with van der Waals surface area (Å²) in [5.41, 5.74) is -0.0371. The van der Waals surface area contributed by atoms with Crippen LogP contribution in [0, 0.1) is 17.1 Å². The number of ether oxygens (including phenoxy) is 2. The number of benzene rings is 2. The minimum atomic E-state index is -1.14. The van der Waals surface area contributed by atoms with Gasteiger partial charge in [0, 0.05) is 25.1 Å². The summed E-state index contributed by atoms with van der Waals surface area (Å²) >= 11 is 0. The summed E-state index contributed by atoms with van der Waals surface area (Å²) in [5, 5.41) is 18.0. The van der Waals surface area contributed by atoms with Crippen molar-refractivity contribution in [2.45, 2.75) is 25.9 Å². The maximum Gasteiger partial charge on any atom is 0.335 e. The van der Waals surface area contributed by atoms with Gasteiger partial charge in [-0.05, 0) is 38.1 Å². The first-order valence-corrected chi connectivity index (χ1v) is 8.80. The van der Waals surface area contributed by atoms with Gasteiger partial charge in [-0.2, -0.15) is 5.26 Å². The highest BCUT2D eigenvalue weighted by molar-refractivity contribution is 5.94. The normalized spacial score (nSPS) is 13.8. The Morgan fingerprint density at radius 3 is 2.69 bits per heavy atom. The fraction of sp³-hybridized carbons (Fsp3) is 0.286. The van der Waals surface area contributed by atoms with Crippen LogP contribution in [0.1, 0.15) is 40.1 Å². The molecular formula is C21H19FN2O5. The summed E-state index contributed by atoms with van der Waals surface area (Å²) in [5.74, 6) is -1.80. The zero-order valence-corrected chi connectivity index (χ0v) is 16.2. The summed E-state index contributed by atoms with van der Waals surface area (Å²) in [6.07, 6.45) is 0.496. The number of carboxylic acids is 1. The van der Waals surface area contributed by atoms with Crippen LogP contribution in [0.2, 0.25) is 0 Å². The number of carbonyl (C=O) groups is 2. The van der Waals surface area contributed by atoms with Crippen LogP contribution in [-0.4, -0.2) is 41.1 Å². The van der Waals surface area contributed by atoms with Crippen LogP contribution in [0.15, 0.2) is 30.3 Å². The Morgan fingerprint density at radius 1 is 1.34 bits per heavy atom. The molecule has 0 aliphatic carbocycles. The first kappa shape index (κ1) is 20.1. The van der Waals surface area contributed by atoms with E-state index in [1.807, 2.05) is 19.9 Å². The van der Waals surface area contributed by atoms with Gasteiger partial charge in [0.1, 0.15) is 35.2 Å². The average molecular weight is 398 g/mol. The zero-order valence-electron chi connectivity index (χ0n) is 16.2. The van der Waals surface area contributed by atoms with Crippen molar-refractivity contribution in [3.05, 3.63) is 52.8 Å². The van der Waals surface area contributed by atoms with Crippen molar-refractivity contribution >= 4 is 11.9 Å². The second kappa shape index (κ2) is 7.43. The lowest BCUT2D eigenvalue weighted by Gasteiger charge is -2.16. The van der Waals surface area contributed by atoms with Crippen molar-refractivity contribution in [1.29, 1.82) is 5.26 Å². The van der Waals surface area contributed by atoms with E-state index in [2.05, 4.69) is 0 Å². The Kier molecular flexibility index (Phi) is 5.16. The lowest BCUT2D eigenvalue weighted by Crippen LogP contribution is -2.27. The molecule has 0 aromatic heterocycles. The molecule has 0 radical (unpaired) electrons. The fourth-order valence-electron chi connectivity index (χ4n) is 3.10. The van der Waals surface area contributed by atoms with Gasteiger partial charge in [0.2, 0.25) is 0 Å². The predicted molar refractivity (Wildman–Crippen MR) is 101 cm³/mol.